The van der Waals surface area contributed by atoms with Gasteiger partial charge in [0.15, 0.2) is 0 Å². The molecule has 1 nitrogen and oxygen atoms in total. The van der Waals surface area contributed by atoms with Crippen LogP contribution in [-0.4, -0.2) is 11.4 Å². The van der Waals surface area contributed by atoms with Gasteiger partial charge in [0.05, 0.1) is 0 Å². The summed E-state index contributed by atoms with van der Waals surface area (Å²) >= 11 is 0. The van der Waals surface area contributed by atoms with Gasteiger partial charge in [0.25, 0.3) is 0 Å². The lowest BCUT2D eigenvalue weighted by atomic mass is 10.1. The molecule has 82 valence electrons. The molecule has 0 aromatic heterocycles. The first-order valence-electron chi connectivity index (χ1n) is 5.33. The number of likely N-dealkylation sites (N-methyl/N-ethyl adjacent to an activating group) is 1. The Kier molecular flexibility index (Phi) is 2.91. The second-order valence-electron chi connectivity index (χ2n) is 3.65. The maximum absolute atomic E-state index is 12.8. The highest BCUT2D eigenvalue weighted by Crippen LogP contribution is 2.26. The average molecular weight is 215 g/mol. The number of hydrogen-bond donors (Lipinski definition) is 0. The van der Waals surface area contributed by atoms with Crippen molar-refractivity contribution in [2.24, 2.45) is 0 Å². The Hall–Kier alpha value is -1.83. The summed E-state index contributed by atoms with van der Waals surface area (Å²) in [5.74, 6) is -0.211. The number of allylic oxidation sites excluding steroid dienone is 3. The molecule has 2 rings (SSSR count). The van der Waals surface area contributed by atoms with E-state index in [0.717, 1.165) is 23.5 Å². The third-order valence-electron chi connectivity index (χ3n) is 2.64. The Morgan fingerprint density at radius 1 is 1.25 bits per heavy atom. The zero-order chi connectivity index (χ0) is 11.5. The minimum absolute atomic E-state index is 0.211. The van der Waals surface area contributed by atoms with Gasteiger partial charge in [-0.15, -0.1) is 0 Å². The van der Waals surface area contributed by atoms with E-state index in [2.05, 4.69) is 18.4 Å². The molecule has 0 atom stereocenters. The number of nitrogens with zero attached hydrogens (tertiary/aromatic N) is 1. The van der Waals surface area contributed by atoms with Gasteiger partial charge >= 0.3 is 0 Å². The van der Waals surface area contributed by atoms with Crippen molar-refractivity contribution in [2.75, 3.05) is 6.54 Å². The Labute approximate surface area is 95.2 Å². The highest BCUT2D eigenvalue weighted by atomic mass is 19.1. The molecular formula is C14H14FN. The van der Waals surface area contributed by atoms with Gasteiger partial charge in [-0.3, -0.25) is 0 Å². The van der Waals surface area contributed by atoms with Crippen molar-refractivity contribution in [1.82, 2.24) is 4.90 Å². The summed E-state index contributed by atoms with van der Waals surface area (Å²) in [5, 5.41) is 0. The molecule has 0 unspecified atom stereocenters. The van der Waals surface area contributed by atoms with Crippen molar-refractivity contribution in [1.29, 1.82) is 0 Å². The Morgan fingerprint density at radius 3 is 2.56 bits per heavy atom. The highest BCUT2D eigenvalue weighted by molar-refractivity contribution is 5.69. The summed E-state index contributed by atoms with van der Waals surface area (Å²) in [4.78, 5) is 2.10. The van der Waals surface area contributed by atoms with Gasteiger partial charge in [0.2, 0.25) is 0 Å². The van der Waals surface area contributed by atoms with Crippen LogP contribution in [0.1, 0.15) is 12.5 Å². The van der Waals surface area contributed by atoms with Crippen molar-refractivity contribution in [3.05, 3.63) is 66.2 Å². The summed E-state index contributed by atoms with van der Waals surface area (Å²) in [6.45, 7) is 6.91. The van der Waals surface area contributed by atoms with Crippen LogP contribution < -0.4 is 0 Å². The second kappa shape index (κ2) is 4.35. The monoisotopic (exact) mass is 215 g/mol. The maximum Gasteiger partial charge on any atom is 0.123 e. The number of halogens is 1. The van der Waals surface area contributed by atoms with E-state index >= 15 is 0 Å². The molecule has 0 spiro atoms. The van der Waals surface area contributed by atoms with Crippen LogP contribution in [0, 0.1) is 5.82 Å². The molecule has 0 aliphatic carbocycles. The minimum atomic E-state index is -0.211. The molecular weight excluding hydrogens is 201 g/mol. The predicted molar refractivity (Wildman–Crippen MR) is 65.0 cm³/mol. The van der Waals surface area contributed by atoms with E-state index in [1.165, 1.54) is 12.1 Å². The predicted octanol–water partition coefficient (Wildman–Crippen LogP) is 3.57. The van der Waals surface area contributed by atoms with Crippen LogP contribution in [0.5, 0.6) is 0 Å². The minimum Gasteiger partial charge on any atom is -0.342 e. The van der Waals surface area contributed by atoms with Crippen LogP contribution in [0.15, 0.2) is 54.8 Å². The Morgan fingerprint density at radius 2 is 1.94 bits per heavy atom. The lowest BCUT2D eigenvalue weighted by molar-refractivity contribution is 0.530. The van der Waals surface area contributed by atoms with E-state index < -0.39 is 0 Å². The number of hydrogen-bond acceptors (Lipinski definition) is 1. The van der Waals surface area contributed by atoms with E-state index in [0.29, 0.717) is 0 Å². The highest BCUT2D eigenvalue weighted by Gasteiger charge is 2.13. The first kappa shape index (κ1) is 10.7. The Bertz CT molecular complexity index is 454. The fourth-order valence-electron chi connectivity index (χ4n) is 1.83. The second-order valence-corrected chi connectivity index (χ2v) is 3.65. The molecule has 1 heterocycles. The summed E-state index contributed by atoms with van der Waals surface area (Å²) < 4.78 is 12.8. The van der Waals surface area contributed by atoms with Gasteiger partial charge in [-0.05, 0) is 48.9 Å². The standard InChI is InChI=1S/C14H14FN/c1-3-16-11(2)5-4-6-14(16)12-7-9-13(15)10-8-12/h4-10H,2-3H2,1H3. The molecule has 1 aromatic carbocycles. The zero-order valence-electron chi connectivity index (χ0n) is 9.28. The molecule has 1 aliphatic heterocycles. The average Bonchev–Trinajstić information content (AvgIpc) is 2.30. The third-order valence-corrected chi connectivity index (χ3v) is 2.64. The van der Waals surface area contributed by atoms with Gasteiger partial charge in [-0.2, -0.15) is 0 Å². The van der Waals surface area contributed by atoms with E-state index in [4.69, 9.17) is 0 Å². The maximum atomic E-state index is 12.8. The van der Waals surface area contributed by atoms with Crippen LogP contribution in [-0.2, 0) is 0 Å². The molecule has 0 fully saturated rings. The van der Waals surface area contributed by atoms with Crippen LogP contribution in [0.25, 0.3) is 5.70 Å². The van der Waals surface area contributed by atoms with Gasteiger partial charge < -0.3 is 4.90 Å². The van der Waals surface area contributed by atoms with E-state index in [1.54, 1.807) is 12.1 Å². The number of rotatable bonds is 2. The summed E-state index contributed by atoms with van der Waals surface area (Å²) in [5.41, 5.74) is 3.04. The lowest BCUT2D eigenvalue weighted by Gasteiger charge is -2.28. The van der Waals surface area contributed by atoms with Crippen molar-refractivity contribution in [3.8, 4) is 0 Å². The molecule has 0 N–H and O–H groups in total. The molecule has 1 aliphatic rings. The van der Waals surface area contributed by atoms with Crippen molar-refractivity contribution in [2.45, 2.75) is 6.92 Å². The normalized spacial score (nSPS) is 15.2. The van der Waals surface area contributed by atoms with E-state index in [1.807, 2.05) is 18.2 Å². The van der Waals surface area contributed by atoms with E-state index in [9.17, 15) is 4.39 Å². The van der Waals surface area contributed by atoms with Gasteiger partial charge in [-0.1, -0.05) is 12.7 Å². The fraction of sp³-hybridized carbons (Fsp3) is 0.143. The molecule has 0 saturated heterocycles. The SMILES string of the molecule is C=C1C=CC=C(c2ccc(F)cc2)N1CC. The Balaban J connectivity index is 2.39. The van der Waals surface area contributed by atoms with Gasteiger partial charge in [0.1, 0.15) is 5.82 Å². The van der Waals surface area contributed by atoms with Crippen LogP contribution in [0.2, 0.25) is 0 Å². The van der Waals surface area contributed by atoms with Crippen molar-refractivity contribution < 1.29 is 4.39 Å². The van der Waals surface area contributed by atoms with Gasteiger partial charge in [0, 0.05) is 17.9 Å². The van der Waals surface area contributed by atoms with Crippen molar-refractivity contribution in [3.63, 3.8) is 0 Å². The largest absolute Gasteiger partial charge is 0.342 e. The fourth-order valence-corrected chi connectivity index (χ4v) is 1.83. The third kappa shape index (κ3) is 1.91. The lowest BCUT2D eigenvalue weighted by Crippen LogP contribution is -2.21. The quantitative estimate of drug-likeness (QED) is 0.729. The summed E-state index contributed by atoms with van der Waals surface area (Å²) in [6, 6.07) is 6.53. The topological polar surface area (TPSA) is 3.24 Å². The first-order valence-corrected chi connectivity index (χ1v) is 5.33. The van der Waals surface area contributed by atoms with Crippen molar-refractivity contribution >= 4 is 5.70 Å². The summed E-state index contributed by atoms with van der Waals surface area (Å²) in [7, 11) is 0. The summed E-state index contributed by atoms with van der Waals surface area (Å²) in [6.07, 6.45) is 5.95. The van der Waals surface area contributed by atoms with Gasteiger partial charge in [-0.25, -0.2) is 4.39 Å². The number of benzene rings is 1. The molecule has 16 heavy (non-hydrogen) atoms. The smallest absolute Gasteiger partial charge is 0.123 e. The molecule has 2 heteroatoms. The molecule has 0 saturated carbocycles. The molecule has 0 radical (unpaired) electrons. The van der Waals surface area contributed by atoms with Crippen LogP contribution >= 0.6 is 0 Å². The first-order chi connectivity index (χ1) is 7.72. The van der Waals surface area contributed by atoms with Crippen LogP contribution in [0.4, 0.5) is 4.39 Å². The van der Waals surface area contributed by atoms with E-state index in [-0.39, 0.29) is 5.82 Å². The molecule has 0 amide bonds. The molecule has 0 bridgehead atoms. The van der Waals surface area contributed by atoms with Crippen LogP contribution in [0.3, 0.4) is 0 Å². The zero-order valence-corrected chi connectivity index (χ0v) is 9.28. The molecule has 1 aromatic rings.